The van der Waals surface area contributed by atoms with Gasteiger partial charge in [-0.3, -0.25) is 0 Å². The van der Waals surface area contributed by atoms with Crippen molar-refractivity contribution in [3.05, 3.63) is 0 Å². The van der Waals surface area contributed by atoms with Crippen LogP contribution in [0.5, 0.6) is 0 Å². The molecule has 1 fully saturated rings. The molecule has 3 heteroatoms. The highest BCUT2D eigenvalue weighted by Gasteiger charge is 2.30. The number of rotatable bonds is 4. The molecule has 0 spiro atoms. The number of hydrogen-bond acceptors (Lipinski definition) is 3. The van der Waals surface area contributed by atoms with Crippen molar-refractivity contribution in [3.8, 4) is 0 Å². The zero-order chi connectivity index (χ0) is 11.5. The Kier molecular flexibility index (Phi) is 4.56. The molecule has 1 saturated heterocycles. The van der Waals surface area contributed by atoms with E-state index in [9.17, 15) is 5.11 Å². The van der Waals surface area contributed by atoms with Crippen LogP contribution < -0.4 is 5.32 Å². The van der Waals surface area contributed by atoms with E-state index in [4.69, 9.17) is 4.74 Å². The fourth-order valence-electron chi connectivity index (χ4n) is 2.28. The number of hydrogen-bond donors (Lipinski definition) is 2. The van der Waals surface area contributed by atoms with Gasteiger partial charge in [-0.2, -0.15) is 0 Å². The largest absolute Gasteiger partial charge is 0.394 e. The molecule has 1 rings (SSSR count). The van der Waals surface area contributed by atoms with E-state index in [1.54, 1.807) is 0 Å². The fourth-order valence-corrected chi connectivity index (χ4v) is 2.28. The van der Waals surface area contributed by atoms with Gasteiger partial charge in [0.15, 0.2) is 0 Å². The van der Waals surface area contributed by atoms with Crippen LogP contribution in [0.2, 0.25) is 0 Å². The zero-order valence-electron chi connectivity index (χ0n) is 10.4. The maximum absolute atomic E-state index is 9.35. The molecule has 0 radical (unpaired) electrons. The van der Waals surface area contributed by atoms with E-state index in [1.807, 2.05) is 0 Å². The molecule has 0 aliphatic carbocycles. The van der Waals surface area contributed by atoms with E-state index >= 15 is 0 Å². The number of nitrogens with one attached hydrogen (secondary N) is 1. The molecule has 3 nitrogen and oxygen atoms in total. The molecule has 15 heavy (non-hydrogen) atoms. The minimum absolute atomic E-state index is 0.137. The smallest absolute Gasteiger partial charge is 0.0610 e. The standard InChI is InChI=1S/C12H25NO2/c1-5-12(4,8-14)13-11-6-9(2)15-10(3)7-11/h9-11,13-14H,5-8H2,1-4H3. The highest BCUT2D eigenvalue weighted by Crippen LogP contribution is 2.22. The molecule has 0 aromatic rings. The summed E-state index contributed by atoms with van der Waals surface area (Å²) in [4.78, 5) is 0. The lowest BCUT2D eigenvalue weighted by molar-refractivity contribution is -0.0480. The number of aliphatic hydroxyl groups excluding tert-OH is 1. The van der Waals surface area contributed by atoms with Crippen LogP contribution >= 0.6 is 0 Å². The Bertz CT molecular complexity index is 182. The molecule has 0 aromatic heterocycles. The molecule has 3 atom stereocenters. The van der Waals surface area contributed by atoms with Crippen molar-refractivity contribution in [2.24, 2.45) is 0 Å². The van der Waals surface area contributed by atoms with E-state index in [2.05, 4.69) is 33.0 Å². The lowest BCUT2D eigenvalue weighted by Gasteiger charge is -2.38. The van der Waals surface area contributed by atoms with Crippen molar-refractivity contribution >= 4 is 0 Å². The lowest BCUT2D eigenvalue weighted by atomic mass is 9.93. The van der Waals surface area contributed by atoms with E-state index in [-0.39, 0.29) is 12.1 Å². The van der Waals surface area contributed by atoms with Crippen LogP contribution in [0.3, 0.4) is 0 Å². The average molecular weight is 215 g/mol. The Morgan fingerprint density at radius 1 is 1.33 bits per heavy atom. The van der Waals surface area contributed by atoms with Crippen LogP contribution in [-0.4, -0.2) is 35.5 Å². The van der Waals surface area contributed by atoms with Gasteiger partial charge >= 0.3 is 0 Å². The van der Waals surface area contributed by atoms with Crippen molar-refractivity contribution in [2.45, 2.75) is 70.7 Å². The first-order chi connectivity index (χ1) is 6.99. The predicted molar refractivity (Wildman–Crippen MR) is 61.9 cm³/mol. The van der Waals surface area contributed by atoms with Gasteiger partial charge in [-0.05, 0) is 40.0 Å². The van der Waals surface area contributed by atoms with Crippen LogP contribution in [-0.2, 0) is 4.74 Å². The van der Waals surface area contributed by atoms with Gasteiger partial charge in [0.25, 0.3) is 0 Å². The van der Waals surface area contributed by atoms with E-state index in [1.165, 1.54) is 0 Å². The van der Waals surface area contributed by atoms with Gasteiger partial charge < -0.3 is 15.2 Å². The van der Waals surface area contributed by atoms with Crippen LogP contribution in [0.4, 0.5) is 0 Å². The molecular weight excluding hydrogens is 190 g/mol. The number of ether oxygens (including phenoxy) is 1. The summed E-state index contributed by atoms with van der Waals surface area (Å²) >= 11 is 0. The average Bonchev–Trinajstić information content (AvgIpc) is 2.16. The Hall–Kier alpha value is -0.120. The second-order valence-corrected chi connectivity index (χ2v) is 5.14. The Labute approximate surface area is 93.2 Å². The first kappa shape index (κ1) is 12.9. The van der Waals surface area contributed by atoms with Gasteiger partial charge in [0.2, 0.25) is 0 Å². The van der Waals surface area contributed by atoms with Crippen molar-refractivity contribution in [1.29, 1.82) is 0 Å². The summed E-state index contributed by atoms with van der Waals surface area (Å²) in [5.41, 5.74) is -0.137. The molecule has 0 aromatic carbocycles. The Balaban J connectivity index is 2.49. The summed E-state index contributed by atoms with van der Waals surface area (Å²) in [6, 6.07) is 0.473. The van der Waals surface area contributed by atoms with Crippen LogP contribution in [0.25, 0.3) is 0 Å². The van der Waals surface area contributed by atoms with Gasteiger partial charge in [-0.25, -0.2) is 0 Å². The second kappa shape index (κ2) is 5.28. The van der Waals surface area contributed by atoms with Gasteiger partial charge in [-0.15, -0.1) is 0 Å². The molecule has 1 heterocycles. The molecule has 1 aliphatic heterocycles. The highest BCUT2D eigenvalue weighted by atomic mass is 16.5. The third kappa shape index (κ3) is 3.74. The molecule has 0 bridgehead atoms. The van der Waals surface area contributed by atoms with Crippen molar-refractivity contribution < 1.29 is 9.84 Å². The molecule has 0 amide bonds. The van der Waals surface area contributed by atoms with E-state index in [0.717, 1.165) is 19.3 Å². The second-order valence-electron chi connectivity index (χ2n) is 5.14. The van der Waals surface area contributed by atoms with Gasteiger partial charge in [0.1, 0.15) is 0 Å². The normalized spacial score (nSPS) is 36.2. The van der Waals surface area contributed by atoms with Crippen LogP contribution in [0.1, 0.15) is 47.0 Å². The van der Waals surface area contributed by atoms with E-state index in [0.29, 0.717) is 18.2 Å². The molecule has 90 valence electrons. The number of aliphatic hydroxyl groups is 1. The monoisotopic (exact) mass is 215 g/mol. The SMILES string of the molecule is CCC(C)(CO)NC1CC(C)OC(C)C1. The summed E-state index contributed by atoms with van der Waals surface area (Å²) in [5.74, 6) is 0. The lowest BCUT2D eigenvalue weighted by Crippen LogP contribution is -2.53. The third-order valence-electron chi connectivity index (χ3n) is 3.38. The highest BCUT2D eigenvalue weighted by molar-refractivity contribution is 4.88. The predicted octanol–water partition coefficient (Wildman–Crippen LogP) is 1.69. The minimum Gasteiger partial charge on any atom is -0.394 e. The summed E-state index contributed by atoms with van der Waals surface area (Å²) in [7, 11) is 0. The summed E-state index contributed by atoms with van der Waals surface area (Å²) in [5, 5.41) is 12.9. The van der Waals surface area contributed by atoms with Crippen molar-refractivity contribution in [3.63, 3.8) is 0 Å². The maximum Gasteiger partial charge on any atom is 0.0610 e. The van der Waals surface area contributed by atoms with Crippen LogP contribution in [0.15, 0.2) is 0 Å². The van der Waals surface area contributed by atoms with Crippen LogP contribution in [0, 0.1) is 0 Å². The summed E-state index contributed by atoms with van der Waals surface area (Å²) in [6.45, 7) is 8.62. The maximum atomic E-state index is 9.35. The zero-order valence-corrected chi connectivity index (χ0v) is 10.4. The van der Waals surface area contributed by atoms with Crippen molar-refractivity contribution in [1.82, 2.24) is 5.32 Å². The topological polar surface area (TPSA) is 41.5 Å². The summed E-state index contributed by atoms with van der Waals surface area (Å²) < 4.78 is 5.70. The van der Waals surface area contributed by atoms with Crippen molar-refractivity contribution in [2.75, 3.05) is 6.61 Å². The minimum atomic E-state index is -0.137. The Morgan fingerprint density at radius 2 is 1.87 bits per heavy atom. The summed E-state index contributed by atoms with van der Waals surface area (Å²) in [6.07, 6.45) is 3.68. The molecule has 2 N–H and O–H groups in total. The van der Waals surface area contributed by atoms with Gasteiger partial charge in [-0.1, -0.05) is 6.92 Å². The first-order valence-electron chi connectivity index (χ1n) is 6.03. The third-order valence-corrected chi connectivity index (χ3v) is 3.38. The quantitative estimate of drug-likeness (QED) is 0.750. The Morgan fingerprint density at radius 3 is 2.27 bits per heavy atom. The van der Waals surface area contributed by atoms with Gasteiger partial charge in [0, 0.05) is 11.6 Å². The fraction of sp³-hybridized carbons (Fsp3) is 1.00. The first-order valence-corrected chi connectivity index (χ1v) is 6.03. The van der Waals surface area contributed by atoms with E-state index < -0.39 is 0 Å². The van der Waals surface area contributed by atoms with Gasteiger partial charge in [0.05, 0.1) is 18.8 Å². The molecule has 0 saturated carbocycles. The molecular formula is C12H25NO2. The molecule has 1 aliphatic rings. The molecule has 3 unspecified atom stereocenters.